The molecule has 5 heteroatoms. The van der Waals surface area contributed by atoms with Crippen LogP contribution in [0.2, 0.25) is 0 Å². The van der Waals surface area contributed by atoms with Gasteiger partial charge in [-0.25, -0.2) is 4.79 Å². The molecule has 1 N–H and O–H groups in total. The number of carbonyl (C=O) groups is 1. The molecule has 0 radical (unpaired) electrons. The first kappa shape index (κ1) is 12.2. The van der Waals surface area contributed by atoms with Crippen LogP contribution in [0.25, 0.3) is 0 Å². The van der Waals surface area contributed by atoms with Crippen molar-refractivity contribution in [1.29, 1.82) is 5.26 Å². The number of nitrogens with zero attached hydrogens (tertiary/aromatic N) is 2. The third-order valence-electron chi connectivity index (χ3n) is 3.31. The van der Waals surface area contributed by atoms with E-state index in [0.29, 0.717) is 5.75 Å². The normalized spacial score (nSPS) is 21.7. The van der Waals surface area contributed by atoms with E-state index in [1.807, 2.05) is 18.9 Å². The molecule has 0 aromatic heterocycles. The number of hydrogen-bond donors (Lipinski definition) is 1. The summed E-state index contributed by atoms with van der Waals surface area (Å²) in [6.45, 7) is 1.98. The number of carboxylic acids is 1. The summed E-state index contributed by atoms with van der Waals surface area (Å²) in [6.07, 6.45) is 0.0407. The number of anilines is 1. The fraction of sp³-hybridized carbons (Fsp3) is 0.385. The average molecular weight is 246 g/mol. The zero-order valence-corrected chi connectivity index (χ0v) is 10.3. The average Bonchev–Trinajstić information content (AvgIpc) is 2.35. The Labute approximate surface area is 105 Å². The van der Waals surface area contributed by atoms with Crippen LogP contribution < -0.4 is 9.64 Å². The Hall–Kier alpha value is -2.22. The number of ether oxygens (including phenoxy) is 1. The molecular formula is C13H14N2O3. The molecule has 1 aromatic carbocycles. The Bertz CT molecular complexity index is 521. The van der Waals surface area contributed by atoms with Crippen molar-refractivity contribution < 1.29 is 14.6 Å². The molecule has 5 nitrogen and oxygen atoms in total. The first-order chi connectivity index (χ1) is 8.54. The van der Waals surface area contributed by atoms with Crippen LogP contribution in [0.1, 0.15) is 23.7 Å². The smallest absolute Gasteiger partial charge is 0.335 e. The lowest BCUT2D eigenvalue weighted by Gasteiger charge is -2.39. The van der Waals surface area contributed by atoms with Crippen molar-refractivity contribution in [2.24, 2.45) is 0 Å². The summed E-state index contributed by atoms with van der Waals surface area (Å²) in [4.78, 5) is 12.9. The van der Waals surface area contributed by atoms with Gasteiger partial charge in [-0.1, -0.05) is 0 Å². The van der Waals surface area contributed by atoms with Gasteiger partial charge in [0.05, 0.1) is 29.8 Å². The molecule has 2 unspecified atom stereocenters. The first-order valence-electron chi connectivity index (χ1n) is 5.68. The van der Waals surface area contributed by atoms with Gasteiger partial charge in [0.15, 0.2) is 0 Å². The predicted molar refractivity (Wildman–Crippen MR) is 65.9 cm³/mol. The highest BCUT2D eigenvalue weighted by Crippen LogP contribution is 2.36. The van der Waals surface area contributed by atoms with Crippen LogP contribution in [0.4, 0.5) is 5.69 Å². The van der Waals surface area contributed by atoms with Crippen LogP contribution in [-0.2, 0) is 0 Å². The number of benzene rings is 1. The van der Waals surface area contributed by atoms with Crippen molar-refractivity contribution in [3.8, 4) is 11.8 Å². The fourth-order valence-electron chi connectivity index (χ4n) is 2.07. The third kappa shape index (κ3) is 1.97. The molecule has 0 amide bonds. The van der Waals surface area contributed by atoms with Crippen LogP contribution in [0.3, 0.4) is 0 Å². The molecule has 94 valence electrons. The Kier molecular flexibility index (Phi) is 3.11. The number of hydrogen-bond acceptors (Lipinski definition) is 4. The van der Waals surface area contributed by atoms with E-state index in [2.05, 4.69) is 6.07 Å². The molecule has 0 aliphatic carbocycles. The van der Waals surface area contributed by atoms with Gasteiger partial charge in [0.1, 0.15) is 11.9 Å². The molecule has 2 atom stereocenters. The molecule has 0 saturated heterocycles. The summed E-state index contributed by atoms with van der Waals surface area (Å²) in [6, 6.07) is 6.96. The molecule has 1 aliphatic rings. The topological polar surface area (TPSA) is 73.6 Å². The Morgan fingerprint density at radius 3 is 2.94 bits per heavy atom. The standard InChI is InChI=1S/C13H14N2O3/c1-8-11(5-6-14)18-12-7-9(13(16)17)3-4-10(12)15(8)2/h3-4,7-8,11H,5H2,1-2H3,(H,16,17). The Balaban J connectivity index is 2.40. The van der Waals surface area contributed by atoms with Crippen LogP contribution in [0.5, 0.6) is 5.75 Å². The van der Waals surface area contributed by atoms with Gasteiger partial charge in [-0.05, 0) is 25.1 Å². The monoisotopic (exact) mass is 246 g/mol. The molecule has 0 spiro atoms. The zero-order chi connectivity index (χ0) is 13.3. The lowest BCUT2D eigenvalue weighted by Crippen LogP contribution is -2.45. The van der Waals surface area contributed by atoms with Crippen LogP contribution >= 0.6 is 0 Å². The molecule has 0 bridgehead atoms. The SMILES string of the molecule is CC1C(CC#N)Oc2cc(C(=O)O)ccc2N1C. The van der Waals surface area contributed by atoms with Crippen molar-refractivity contribution >= 4 is 11.7 Å². The number of fused-ring (bicyclic) bond motifs is 1. The van der Waals surface area contributed by atoms with Crippen LogP contribution in [0, 0.1) is 11.3 Å². The Morgan fingerprint density at radius 1 is 1.61 bits per heavy atom. The summed E-state index contributed by atoms with van der Waals surface area (Å²) in [5.41, 5.74) is 1.04. The molecule has 18 heavy (non-hydrogen) atoms. The second kappa shape index (κ2) is 4.57. The minimum absolute atomic E-state index is 0.0767. The summed E-state index contributed by atoms with van der Waals surface area (Å²) < 4.78 is 5.72. The van der Waals surface area contributed by atoms with Crippen molar-refractivity contribution in [1.82, 2.24) is 0 Å². The summed E-state index contributed by atoms with van der Waals surface area (Å²) in [7, 11) is 1.91. The largest absolute Gasteiger partial charge is 0.485 e. The summed E-state index contributed by atoms with van der Waals surface area (Å²) >= 11 is 0. The van der Waals surface area contributed by atoms with Gasteiger partial charge in [0.2, 0.25) is 0 Å². The van der Waals surface area contributed by atoms with Crippen molar-refractivity contribution in [3.63, 3.8) is 0 Å². The van der Waals surface area contributed by atoms with Crippen molar-refractivity contribution in [2.45, 2.75) is 25.5 Å². The zero-order valence-electron chi connectivity index (χ0n) is 10.3. The van der Waals surface area contributed by atoms with Gasteiger partial charge in [-0.3, -0.25) is 0 Å². The van der Waals surface area contributed by atoms with E-state index in [9.17, 15) is 4.79 Å². The second-order valence-corrected chi connectivity index (χ2v) is 4.36. The lowest BCUT2D eigenvalue weighted by atomic mass is 10.0. The third-order valence-corrected chi connectivity index (χ3v) is 3.31. The summed E-state index contributed by atoms with van der Waals surface area (Å²) in [5.74, 6) is -0.463. The van der Waals surface area contributed by atoms with E-state index in [1.54, 1.807) is 12.1 Å². The van der Waals surface area contributed by atoms with Gasteiger partial charge in [-0.15, -0.1) is 0 Å². The molecule has 2 rings (SSSR count). The molecule has 1 aliphatic heterocycles. The minimum atomic E-state index is -0.987. The van der Waals surface area contributed by atoms with E-state index in [4.69, 9.17) is 15.1 Å². The molecule has 1 heterocycles. The summed E-state index contributed by atoms with van der Waals surface area (Å²) in [5, 5.41) is 17.7. The maximum absolute atomic E-state index is 10.9. The van der Waals surface area contributed by atoms with E-state index in [1.165, 1.54) is 6.07 Å². The molecular weight excluding hydrogens is 232 g/mol. The maximum Gasteiger partial charge on any atom is 0.335 e. The Morgan fingerprint density at radius 2 is 2.33 bits per heavy atom. The molecule has 1 aromatic rings. The maximum atomic E-state index is 10.9. The second-order valence-electron chi connectivity index (χ2n) is 4.36. The molecule has 0 saturated carbocycles. The highest BCUT2D eigenvalue weighted by Gasteiger charge is 2.30. The number of rotatable bonds is 2. The van der Waals surface area contributed by atoms with Crippen LogP contribution in [0.15, 0.2) is 18.2 Å². The van der Waals surface area contributed by atoms with Crippen molar-refractivity contribution in [3.05, 3.63) is 23.8 Å². The van der Waals surface area contributed by atoms with Crippen LogP contribution in [-0.4, -0.2) is 30.3 Å². The van der Waals surface area contributed by atoms with Gasteiger partial charge >= 0.3 is 5.97 Å². The van der Waals surface area contributed by atoms with Gasteiger partial charge < -0.3 is 14.7 Å². The number of carboxylic acid groups (broad SMARTS) is 1. The molecule has 0 fully saturated rings. The van der Waals surface area contributed by atoms with E-state index in [0.717, 1.165) is 5.69 Å². The van der Waals surface area contributed by atoms with Gasteiger partial charge in [0, 0.05) is 7.05 Å². The quantitative estimate of drug-likeness (QED) is 0.862. The predicted octanol–water partition coefficient (Wildman–Crippen LogP) is 1.88. The minimum Gasteiger partial charge on any atom is -0.485 e. The van der Waals surface area contributed by atoms with Crippen molar-refractivity contribution in [2.75, 3.05) is 11.9 Å². The van der Waals surface area contributed by atoms with E-state index < -0.39 is 5.97 Å². The van der Waals surface area contributed by atoms with E-state index in [-0.39, 0.29) is 24.1 Å². The van der Waals surface area contributed by atoms with Gasteiger partial charge in [0.25, 0.3) is 0 Å². The fourth-order valence-corrected chi connectivity index (χ4v) is 2.07. The number of aromatic carboxylic acids is 1. The number of likely N-dealkylation sites (N-methyl/N-ethyl adjacent to an activating group) is 1. The first-order valence-corrected chi connectivity index (χ1v) is 5.68. The number of nitriles is 1. The highest BCUT2D eigenvalue weighted by molar-refractivity contribution is 5.89. The lowest BCUT2D eigenvalue weighted by molar-refractivity contribution is 0.0695. The van der Waals surface area contributed by atoms with E-state index >= 15 is 0 Å². The highest BCUT2D eigenvalue weighted by atomic mass is 16.5. The van der Waals surface area contributed by atoms with Gasteiger partial charge in [-0.2, -0.15) is 5.26 Å².